The van der Waals surface area contributed by atoms with Crippen LogP contribution in [0.25, 0.3) is 0 Å². The number of hydrogen-bond acceptors (Lipinski definition) is 2. The Morgan fingerprint density at radius 1 is 1.08 bits per heavy atom. The molecule has 1 aromatic carbocycles. The van der Waals surface area contributed by atoms with Crippen LogP contribution in [0.3, 0.4) is 0 Å². The summed E-state index contributed by atoms with van der Waals surface area (Å²) in [5, 5.41) is 0. The first kappa shape index (κ1) is 10.1. The van der Waals surface area contributed by atoms with Crippen LogP contribution in [0.1, 0.15) is 19.4 Å². The van der Waals surface area contributed by atoms with Crippen LogP contribution in [0.15, 0.2) is 24.3 Å². The Bertz CT molecular complexity index is 228. The van der Waals surface area contributed by atoms with Crippen LogP contribution in [0.2, 0.25) is 0 Å². The lowest BCUT2D eigenvalue weighted by Gasteiger charge is -2.04. The molecule has 0 amide bonds. The normalized spacial score (nSPS) is 10.0. The summed E-state index contributed by atoms with van der Waals surface area (Å²) in [6.45, 7) is 7.09. The molecule has 0 fully saturated rings. The predicted molar refractivity (Wildman–Crippen MR) is 52.6 cm³/mol. The molecule has 0 N–H and O–H groups in total. The zero-order chi connectivity index (χ0) is 9.52. The minimum Gasteiger partial charge on any atom is -0.494 e. The molecule has 0 atom stereocenters. The Labute approximate surface area is 79.5 Å². The van der Waals surface area contributed by atoms with Crippen LogP contribution in [0.4, 0.5) is 0 Å². The lowest BCUT2D eigenvalue weighted by Crippen LogP contribution is -1.92. The molecule has 0 saturated carbocycles. The molecule has 0 aliphatic carbocycles. The molecular formula is C11H15O2. The minimum absolute atomic E-state index is 0.702. The van der Waals surface area contributed by atoms with E-state index in [2.05, 4.69) is 0 Å². The summed E-state index contributed by atoms with van der Waals surface area (Å²) < 4.78 is 10.5. The summed E-state index contributed by atoms with van der Waals surface area (Å²) in [5.74, 6) is 0.899. The third kappa shape index (κ3) is 3.47. The van der Waals surface area contributed by atoms with Gasteiger partial charge >= 0.3 is 0 Å². The van der Waals surface area contributed by atoms with E-state index in [-0.39, 0.29) is 0 Å². The highest BCUT2D eigenvalue weighted by molar-refractivity contribution is 5.29. The van der Waals surface area contributed by atoms with Crippen molar-refractivity contribution >= 4 is 0 Å². The van der Waals surface area contributed by atoms with Gasteiger partial charge in [0.15, 0.2) is 0 Å². The van der Waals surface area contributed by atoms with Crippen LogP contribution in [0.5, 0.6) is 5.75 Å². The van der Waals surface area contributed by atoms with Crippen molar-refractivity contribution < 1.29 is 9.47 Å². The molecule has 0 heterocycles. The monoisotopic (exact) mass is 179 g/mol. The van der Waals surface area contributed by atoms with Crippen LogP contribution in [-0.4, -0.2) is 13.2 Å². The fourth-order valence-corrected chi connectivity index (χ4v) is 0.989. The van der Waals surface area contributed by atoms with Crippen LogP contribution < -0.4 is 4.74 Å². The Morgan fingerprint density at radius 3 is 2.31 bits per heavy atom. The van der Waals surface area contributed by atoms with Crippen molar-refractivity contribution in [2.45, 2.75) is 13.8 Å². The van der Waals surface area contributed by atoms with Gasteiger partial charge in [0.25, 0.3) is 0 Å². The second kappa shape index (κ2) is 5.60. The van der Waals surface area contributed by atoms with Crippen molar-refractivity contribution in [2.24, 2.45) is 0 Å². The fourth-order valence-electron chi connectivity index (χ4n) is 0.989. The number of benzene rings is 1. The van der Waals surface area contributed by atoms with Crippen LogP contribution in [0, 0.1) is 6.61 Å². The summed E-state index contributed by atoms with van der Waals surface area (Å²) in [4.78, 5) is 0. The number of rotatable bonds is 5. The lowest BCUT2D eigenvalue weighted by atomic mass is 10.2. The molecule has 0 unspecified atom stereocenters. The average Bonchev–Trinajstić information content (AvgIpc) is 2.17. The van der Waals surface area contributed by atoms with E-state index in [1.54, 1.807) is 6.61 Å². The molecule has 0 bridgehead atoms. The molecule has 0 aliphatic rings. The third-order valence-electron chi connectivity index (χ3n) is 1.58. The first-order chi connectivity index (χ1) is 6.36. The highest BCUT2D eigenvalue weighted by Crippen LogP contribution is 2.13. The van der Waals surface area contributed by atoms with Gasteiger partial charge in [0.05, 0.1) is 6.61 Å². The summed E-state index contributed by atoms with van der Waals surface area (Å²) >= 11 is 0. The maximum absolute atomic E-state index is 5.31. The second-order valence-electron chi connectivity index (χ2n) is 2.58. The van der Waals surface area contributed by atoms with Crippen molar-refractivity contribution in [3.63, 3.8) is 0 Å². The van der Waals surface area contributed by atoms with Gasteiger partial charge in [-0.25, -0.2) is 0 Å². The molecule has 2 nitrogen and oxygen atoms in total. The van der Waals surface area contributed by atoms with E-state index in [4.69, 9.17) is 9.47 Å². The highest BCUT2D eigenvalue weighted by atomic mass is 16.5. The van der Waals surface area contributed by atoms with Gasteiger partial charge in [-0.05, 0) is 31.5 Å². The first-order valence-corrected chi connectivity index (χ1v) is 4.54. The van der Waals surface area contributed by atoms with Crippen LogP contribution in [-0.2, 0) is 4.74 Å². The zero-order valence-corrected chi connectivity index (χ0v) is 8.12. The Morgan fingerprint density at radius 2 is 1.77 bits per heavy atom. The van der Waals surface area contributed by atoms with E-state index >= 15 is 0 Å². The van der Waals surface area contributed by atoms with Crippen molar-refractivity contribution in [3.05, 3.63) is 36.4 Å². The van der Waals surface area contributed by atoms with Gasteiger partial charge in [-0.1, -0.05) is 12.1 Å². The van der Waals surface area contributed by atoms with E-state index in [1.807, 2.05) is 38.1 Å². The van der Waals surface area contributed by atoms with E-state index in [0.717, 1.165) is 11.3 Å². The molecule has 0 aliphatic heterocycles. The quantitative estimate of drug-likeness (QED) is 0.691. The second-order valence-corrected chi connectivity index (χ2v) is 2.58. The van der Waals surface area contributed by atoms with Crippen molar-refractivity contribution in [3.8, 4) is 5.75 Å². The van der Waals surface area contributed by atoms with Gasteiger partial charge in [0, 0.05) is 6.61 Å². The molecule has 1 rings (SSSR count). The van der Waals surface area contributed by atoms with Crippen molar-refractivity contribution in [1.29, 1.82) is 0 Å². The van der Waals surface area contributed by atoms with Gasteiger partial charge in [0.2, 0.25) is 0 Å². The third-order valence-corrected chi connectivity index (χ3v) is 1.58. The lowest BCUT2D eigenvalue weighted by molar-refractivity contribution is 0.230. The summed E-state index contributed by atoms with van der Waals surface area (Å²) in [5.41, 5.74) is 1.06. The van der Waals surface area contributed by atoms with Crippen molar-refractivity contribution in [1.82, 2.24) is 0 Å². The topological polar surface area (TPSA) is 18.5 Å². The average molecular weight is 179 g/mol. The first-order valence-electron chi connectivity index (χ1n) is 4.54. The standard InChI is InChI=1S/C11H15O2/c1-3-12-9-10-5-7-11(8-6-10)13-4-2/h5-9H,3-4H2,1-2H3. The summed E-state index contributed by atoms with van der Waals surface area (Å²) in [6, 6.07) is 7.82. The summed E-state index contributed by atoms with van der Waals surface area (Å²) in [7, 11) is 0. The van der Waals surface area contributed by atoms with E-state index in [0.29, 0.717) is 13.2 Å². The molecule has 1 aromatic rings. The predicted octanol–water partition coefficient (Wildman–Crippen LogP) is 2.63. The zero-order valence-electron chi connectivity index (χ0n) is 8.12. The Kier molecular flexibility index (Phi) is 4.33. The van der Waals surface area contributed by atoms with Gasteiger partial charge < -0.3 is 9.47 Å². The van der Waals surface area contributed by atoms with Crippen LogP contribution >= 0.6 is 0 Å². The molecule has 0 spiro atoms. The number of ether oxygens (including phenoxy) is 2. The molecule has 2 heteroatoms. The maximum Gasteiger partial charge on any atom is 0.119 e. The highest BCUT2D eigenvalue weighted by Gasteiger charge is 1.94. The largest absolute Gasteiger partial charge is 0.494 e. The SMILES string of the molecule is CCO[CH]c1ccc(OCC)cc1. The maximum atomic E-state index is 5.31. The minimum atomic E-state index is 0.702. The van der Waals surface area contributed by atoms with Gasteiger partial charge in [-0.3, -0.25) is 0 Å². The van der Waals surface area contributed by atoms with Gasteiger partial charge in [-0.2, -0.15) is 0 Å². The molecular weight excluding hydrogens is 164 g/mol. The molecule has 71 valence electrons. The Balaban J connectivity index is 2.48. The molecule has 0 aromatic heterocycles. The van der Waals surface area contributed by atoms with E-state index in [9.17, 15) is 0 Å². The number of hydrogen-bond donors (Lipinski definition) is 0. The molecule has 13 heavy (non-hydrogen) atoms. The smallest absolute Gasteiger partial charge is 0.119 e. The molecule has 1 radical (unpaired) electrons. The summed E-state index contributed by atoms with van der Waals surface area (Å²) in [6.07, 6.45) is 0. The fraction of sp³-hybridized carbons (Fsp3) is 0.364. The van der Waals surface area contributed by atoms with Crippen molar-refractivity contribution in [2.75, 3.05) is 13.2 Å². The van der Waals surface area contributed by atoms with E-state index in [1.165, 1.54) is 0 Å². The van der Waals surface area contributed by atoms with Gasteiger partial charge in [-0.15, -0.1) is 0 Å². The Hall–Kier alpha value is -1.02. The van der Waals surface area contributed by atoms with E-state index < -0.39 is 0 Å². The van der Waals surface area contributed by atoms with Gasteiger partial charge in [0.1, 0.15) is 12.4 Å². The molecule has 0 saturated heterocycles.